The Morgan fingerprint density at radius 3 is 1.62 bits per heavy atom. The predicted octanol–water partition coefficient (Wildman–Crippen LogP) is 7.90. The van der Waals surface area contributed by atoms with Crippen molar-refractivity contribution in [2.75, 3.05) is 69.4 Å². The number of aliphatic carboxylic acids is 1. The molecule has 0 saturated carbocycles. The highest BCUT2D eigenvalue weighted by atomic mass is 19.0. The summed E-state index contributed by atoms with van der Waals surface area (Å²) < 4.78 is 20.7. The molecule has 0 aromatic heterocycles. The van der Waals surface area contributed by atoms with E-state index in [1.165, 1.54) is 26.2 Å². The number of hydrogen-bond acceptors (Lipinski definition) is 10. The van der Waals surface area contributed by atoms with Gasteiger partial charge in [0.15, 0.2) is 11.5 Å². The highest BCUT2D eigenvalue weighted by Crippen LogP contribution is 2.31. The molecule has 6 amide bonds. The van der Waals surface area contributed by atoms with Gasteiger partial charge in [0, 0.05) is 43.0 Å². The molecular formula is C50H59FN6O11. The number of para-hydroxylation sites is 2. The minimum absolute atomic E-state index is 0. The molecule has 0 heterocycles. The lowest BCUT2D eigenvalue weighted by atomic mass is 10.0. The second kappa shape index (κ2) is 28.1. The molecule has 17 nitrogen and oxygen atoms in total. The van der Waals surface area contributed by atoms with Gasteiger partial charge in [-0.2, -0.15) is 0 Å². The minimum Gasteiger partial charge on any atom is -0.493 e. The smallest absolute Gasteiger partial charge is 0.323 e. The van der Waals surface area contributed by atoms with Crippen molar-refractivity contribution < 1.29 is 57.5 Å². The number of carboxylic acid groups (broad SMARTS) is 1. The molecule has 362 valence electrons. The van der Waals surface area contributed by atoms with Crippen molar-refractivity contribution in [2.45, 2.75) is 45.6 Å². The monoisotopic (exact) mass is 938 g/mol. The summed E-state index contributed by atoms with van der Waals surface area (Å²) in [6.07, 6.45) is 0.404. The van der Waals surface area contributed by atoms with Crippen LogP contribution in [-0.4, -0.2) is 94.0 Å². The Morgan fingerprint density at radius 1 is 0.632 bits per heavy atom. The average Bonchev–Trinajstić information content (AvgIpc) is 3.31. The number of benzene rings is 5. The van der Waals surface area contributed by atoms with Gasteiger partial charge in [0.05, 0.1) is 53.2 Å². The molecule has 5 rings (SSSR count). The Balaban J connectivity index is 0.000000464. The maximum Gasteiger partial charge on any atom is 0.323 e. The van der Waals surface area contributed by atoms with E-state index >= 15 is 0 Å². The van der Waals surface area contributed by atoms with Crippen molar-refractivity contribution >= 4 is 58.6 Å². The van der Waals surface area contributed by atoms with Gasteiger partial charge >= 0.3 is 24.0 Å². The lowest BCUT2D eigenvalue weighted by molar-refractivity contribution is -0.142. The summed E-state index contributed by atoms with van der Waals surface area (Å²) >= 11 is 0. The van der Waals surface area contributed by atoms with Crippen LogP contribution >= 0.6 is 0 Å². The van der Waals surface area contributed by atoms with E-state index in [1.807, 2.05) is 62.4 Å². The van der Waals surface area contributed by atoms with Crippen LogP contribution in [0.3, 0.4) is 0 Å². The van der Waals surface area contributed by atoms with Crippen molar-refractivity contribution in [3.8, 4) is 11.5 Å². The number of nitrogens with zero attached hydrogens (tertiary/aromatic N) is 1. The van der Waals surface area contributed by atoms with E-state index < -0.39 is 23.9 Å². The van der Waals surface area contributed by atoms with Gasteiger partial charge in [0.2, 0.25) is 11.8 Å². The van der Waals surface area contributed by atoms with E-state index in [-0.39, 0.29) is 55.0 Å². The molecule has 18 heteroatoms. The van der Waals surface area contributed by atoms with E-state index in [0.717, 1.165) is 16.8 Å². The van der Waals surface area contributed by atoms with Crippen molar-refractivity contribution in [1.82, 2.24) is 10.2 Å². The summed E-state index contributed by atoms with van der Waals surface area (Å²) in [6.45, 7) is 4.29. The van der Waals surface area contributed by atoms with Crippen LogP contribution in [0.25, 0.3) is 0 Å². The fourth-order valence-corrected chi connectivity index (χ4v) is 6.55. The molecule has 6 N–H and O–H groups in total. The molecule has 0 saturated heterocycles. The number of nitrogens with one attached hydrogen (secondary N) is 5. The fourth-order valence-electron chi connectivity index (χ4n) is 6.55. The molecule has 1 atom stereocenters. The molecule has 0 spiro atoms. The van der Waals surface area contributed by atoms with Gasteiger partial charge in [-0.3, -0.25) is 23.9 Å². The van der Waals surface area contributed by atoms with E-state index in [9.17, 15) is 28.8 Å². The summed E-state index contributed by atoms with van der Waals surface area (Å²) in [6, 6.07) is 32.2. The van der Waals surface area contributed by atoms with Gasteiger partial charge in [0.25, 0.3) is 0 Å². The van der Waals surface area contributed by atoms with Crippen molar-refractivity contribution in [3.05, 3.63) is 143 Å². The normalized spacial score (nSPS) is 10.6. The van der Waals surface area contributed by atoms with Gasteiger partial charge < -0.3 is 55.5 Å². The molecule has 0 aliphatic carbocycles. The summed E-state index contributed by atoms with van der Waals surface area (Å²) in [5, 5.41) is 22.6. The maximum absolute atomic E-state index is 13.4. The summed E-state index contributed by atoms with van der Waals surface area (Å²) in [7, 11) is 5.84. The fraction of sp³-hybridized carbons (Fsp3) is 0.280. The molecule has 0 unspecified atom stereocenters. The summed E-state index contributed by atoms with van der Waals surface area (Å²) in [4.78, 5) is 75.3. The van der Waals surface area contributed by atoms with Crippen LogP contribution in [0, 0.1) is 13.8 Å². The van der Waals surface area contributed by atoms with E-state index in [1.54, 1.807) is 73.8 Å². The minimum atomic E-state index is -0.881. The number of amides is 6. The highest BCUT2D eigenvalue weighted by Gasteiger charge is 2.24. The van der Waals surface area contributed by atoms with E-state index in [2.05, 4.69) is 26.6 Å². The lowest BCUT2D eigenvalue weighted by Gasteiger charge is -2.25. The standard InChI is InChI=1S/C34H42N4O8.C16H16N2O3.FH/c1-23-9-6-7-10-27(23)37-34(42)35-26-14-11-24(12-15-26)19-32(40)38(17-8-18-43-2)22-31(39)36-28(21-33(41)46-5)25-13-16-29(44-3)30(20-25)45-4;1-11-4-2-3-5-14(11)18-16(21)17-13-8-6-12(7-9-13)10-15(19)20;/h6-7,9-16,20,28H,8,17-19,21-22H2,1-5H3,(H,36,39)(H2,35,37,42);2-9H,10H2,1H3,(H,19,20)(H2,17,18,21);1H/t28-;;/m0../s1. The first-order valence-corrected chi connectivity index (χ1v) is 21.2. The first-order chi connectivity index (χ1) is 32.2. The zero-order valence-electron chi connectivity index (χ0n) is 38.9. The van der Waals surface area contributed by atoms with Gasteiger partial charge in [-0.05, 0) is 96.6 Å². The molecule has 5 aromatic carbocycles. The van der Waals surface area contributed by atoms with Crippen LogP contribution in [0.15, 0.2) is 115 Å². The number of carboxylic acids is 1. The third-order valence-electron chi connectivity index (χ3n) is 10.1. The SMILES string of the molecule is COCCCN(CC(=O)N[C@@H](CC(=O)OC)c1ccc(OC)c(OC)c1)C(=O)Cc1ccc(NC(=O)Nc2ccccc2C)cc1.Cc1ccccc1NC(=O)Nc1ccc(CC(=O)O)cc1.F. The largest absolute Gasteiger partial charge is 0.493 e. The maximum atomic E-state index is 13.4. The van der Waals surface area contributed by atoms with Crippen molar-refractivity contribution in [1.29, 1.82) is 0 Å². The molecule has 68 heavy (non-hydrogen) atoms. The Morgan fingerprint density at radius 2 is 1.15 bits per heavy atom. The average molecular weight is 939 g/mol. The lowest BCUT2D eigenvalue weighted by Crippen LogP contribution is -2.43. The number of rotatable bonds is 20. The van der Waals surface area contributed by atoms with Crippen LogP contribution < -0.4 is 36.1 Å². The Kier molecular flexibility index (Phi) is 22.5. The van der Waals surface area contributed by atoms with Crippen LogP contribution in [-0.2, 0) is 41.5 Å². The molecule has 0 aliphatic rings. The first kappa shape index (κ1) is 54.3. The van der Waals surface area contributed by atoms with Crippen molar-refractivity contribution in [3.63, 3.8) is 0 Å². The van der Waals surface area contributed by atoms with Crippen LogP contribution in [0.5, 0.6) is 11.5 Å². The number of ether oxygens (including phenoxy) is 4. The van der Waals surface area contributed by atoms with Crippen molar-refractivity contribution in [2.24, 2.45) is 0 Å². The number of methoxy groups -OCH3 is 4. The second-order valence-electron chi connectivity index (χ2n) is 15.1. The van der Waals surface area contributed by atoms with Crippen LogP contribution in [0.1, 0.15) is 46.7 Å². The zero-order valence-corrected chi connectivity index (χ0v) is 38.9. The summed E-state index contributed by atoms with van der Waals surface area (Å²) in [5.41, 5.74) is 6.54. The third-order valence-corrected chi connectivity index (χ3v) is 10.1. The summed E-state index contributed by atoms with van der Waals surface area (Å²) in [5.74, 6) is -1.17. The van der Waals surface area contributed by atoms with Gasteiger partial charge in [-0.1, -0.05) is 66.7 Å². The van der Waals surface area contributed by atoms with E-state index in [4.69, 9.17) is 24.1 Å². The molecule has 0 fully saturated rings. The number of carbonyl (C=O) groups excluding carboxylic acids is 5. The zero-order chi connectivity index (χ0) is 48.7. The van der Waals surface area contributed by atoms with Crippen LogP contribution in [0.4, 0.5) is 37.0 Å². The van der Waals surface area contributed by atoms with Gasteiger partial charge in [0.1, 0.15) is 0 Å². The van der Waals surface area contributed by atoms with E-state index in [0.29, 0.717) is 58.3 Å². The van der Waals surface area contributed by atoms with Gasteiger partial charge in [-0.25, -0.2) is 9.59 Å². The van der Waals surface area contributed by atoms with Crippen LogP contribution in [0.2, 0.25) is 0 Å². The Bertz CT molecular complexity index is 2450. The Labute approximate surface area is 394 Å². The number of anilines is 4. The molecular weight excluding hydrogens is 880 g/mol. The molecule has 0 aliphatic heterocycles. The molecule has 0 bridgehead atoms. The number of halogens is 1. The third kappa shape index (κ3) is 18.1. The number of carbonyl (C=O) groups is 6. The Hall–Kier alpha value is -7.99. The number of esters is 1. The highest BCUT2D eigenvalue weighted by molar-refractivity contribution is 6.01. The van der Waals surface area contributed by atoms with Gasteiger partial charge in [-0.15, -0.1) is 0 Å². The number of hydrogen-bond donors (Lipinski definition) is 6. The second-order valence-corrected chi connectivity index (χ2v) is 15.1. The molecule has 5 aromatic rings. The quantitative estimate of drug-likeness (QED) is 0.0325. The number of urea groups is 2. The topological polar surface area (TPSA) is 223 Å². The predicted molar refractivity (Wildman–Crippen MR) is 258 cm³/mol. The molecule has 0 radical (unpaired) electrons. The number of aryl methyl sites for hydroxylation is 2. The first-order valence-electron chi connectivity index (χ1n) is 21.2.